The van der Waals surface area contributed by atoms with Gasteiger partial charge in [-0.3, -0.25) is 14.4 Å². The third-order valence-electron chi connectivity index (χ3n) is 6.56. The van der Waals surface area contributed by atoms with E-state index in [1.807, 2.05) is 0 Å². The van der Waals surface area contributed by atoms with Gasteiger partial charge < -0.3 is 15.4 Å². The predicted octanol–water partition coefficient (Wildman–Crippen LogP) is 3.87. The van der Waals surface area contributed by atoms with Crippen molar-refractivity contribution in [1.29, 1.82) is 0 Å². The van der Waals surface area contributed by atoms with E-state index in [9.17, 15) is 28.1 Å². The van der Waals surface area contributed by atoms with Crippen LogP contribution in [0.15, 0.2) is 69.5 Å². The lowest BCUT2D eigenvalue weighted by Crippen LogP contribution is -2.39. The number of anilines is 1. The molecule has 0 atom stereocenters. The van der Waals surface area contributed by atoms with Crippen LogP contribution in [-0.4, -0.2) is 51.5 Å². The van der Waals surface area contributed by atoms with Crippen LogP contribution < -0.4 is 26.6 Å². The first kappa shape index (κ1) is 26.1. The van der Waals surface area contributed by atoms with E-state index in [2.05, 4.69) is 20.8 Å². The molecule has 0 unspecified atom stereocenters. The smallest absolute Gasteiger partial charge is 0.338 e. The number of rotatable bonds is 9. The first-order valence-corrected chi connectivity index (χ1v) is 13.5. The minimum Gasteiger partial charge on any atom is -0.480 e. The Balaban J connectivity index is 1.76. The van der Waals surface area contributed by atoms with Crippen molar-refractivity contribution in [2.45, 2.75) is 13.1 Å². The van der Waals surface area contributed by atoms with Gasteiger partial charge >= 0.3 is 11.7 Å². The number of carbonyl (C=O) groups is 1. The molecule has 3 aromatic heterocycles. The Labute approximate surface area is 255 Å². The molecular formula is C28H24F2N8O5S. The van der Waals surface area contributed by atoms with E-state index in [1.165, 1.54) is 44.5 Å². The van der Waals surface area contributed by atoms with Crippen LogP contribution in [0.1, 0.15) is 15.2 Å². The van der Waals surface area contributed by atoms with E-state index in [-0.39, 0.29) is 39.7 Å². The van der Waals surface area contributed by atoms with E-state index in [0.717, 1.165) is 33.0 Å². The summed E-state index contributed by atoms with van der Waals surface area (Å²) in [6.07, 6.45) is 0. The number of ether oxygens (including phenoxy) is 1. The molecular weight excluding hydrogens is 598 g/mol. The molecule has 3 heterocycles. The summed E-state index contributed by atoms with van der Waals surface area (Å²) in [5.74, 6) is -1.93. The molecule has 2 aromatic carbocycles. The quantitative estimate of drug-likeness (QED) is 0.185. The normalized spacial score (nSPS) is 12.2. The number of halogens is 2. The maximum Gasteiger partial charge on any atom is 0.338 e. The second-order valence-electron chi connectivity index (χ2n) is 9.29. The van der Waals surface area contributed by atoms with Crippen molar-refractivity contribution in [3.05, 3.63) is 103 Å². The van der Waals surface area contributed by atoms with Gasteiger partial charge in [-0.05, 0) is 35.9 Å². The molecule has 0 saturated carbocycles. The standard InChI is InChI=1S/C28H24F2N8O5S/c1-31-27(40)32-16-9-7-15(8-10-16)24-18(13-36(2)35-42)23-25(39)38(21-11-12-22(43-3)34-33-21)28(41)37(26(23)44-24)14-17-19(29)5-4-6-20(17)30/h4-12H,13-14H2,1-3H3,(H2,31,32,40)/i1D3. The van der Waals surface area contributed by atoms with Crippen LogP contribution in [0.2, 0.25) is 0 Å². The first-order valence-electron chi connectivity index (χ1n) is 14.2. The molecule has 0 aliphatic heterocycles. The fraction of sp³-hybridized carbons (Fsp3) is 0.179. The van der Waals surface area contributed by atoms with Crippen LogP contribution in [0.5, 0.6) is 5.88 Å². The first-order chi connectivity index (χ1) is 22.3. The number of nitrogens with zero attached hydrogens (tertiary/aromatic N) is 6. The van der Waals surface area contributed by atoms with E-state index < -0.39 is 48.0 Å². The number of fused-ring (bicyclic) bond motifs is 1. The van der Waals surface area contributed by atoms with Crippen LogP contribution in [0.4, 0.5) is 19.3 Å². The van der Waals surface area contributed by atoms with Gasteiger partial charge in [-0.15, -0.1) is 26.4 Å². The van der Waals surface area contributed by atoms with E-state index in [1.54, 1.807) is 17.4 Å². The van der Waals surface area contributed by atoms with Crippen LogP contribution in [0.25, 0.3) is 26.5 Å². The molecule has 0 saturated heterocycles. The molecule has 5 aromatic rings. The maximum absolute atomic E-state index is 14.9. The largest absolute Gasteiger partial charge is 0.480 e. The SMILES string of the molecule is [2H]C([2H])([2H])NC(=O)Nc1ccc(-c2sc3c(c2CN(C)N=O)c(=O)n(-c2ccc(OC)nn2)c(=O)n3Cc2c(F)cccc2F)cc1. The molecule has 5 rings (SSSR count). The van der Waals surface area contributed by atoms with Gasteiger partial charge in [-0.25, -0.2) is 22.9 Å². The third kappa shape index (κ3) is 5.61. The molecule has 44 heavy (non-hydrogen) atoms. The number of hydrogen-bond acceptors (Lipinski definition) is 9. The van der Waals surface area contributed by atoms with E-state index in [0.29, 0.717) is 15.0 Å². The number of hydrogen-bond donors (Lipinski definition) is 2. The molecule has 0 fully saturated rings. The zero-order chi connectivity index (χ0) is 34.0. The summed E-state index contributed by atoms with van der Waals surface area (Å²) < 4.78 is 58.0. The highest BCUT2D eigenvalue weighted by atomic mass is 32.1. The molecule has 2 amide bonds. The number of methoxy groups -OCH3 is 1. The van der Waals surface area contributed by atoms with Crippen molar-refractivity contribution in [3.63, 3.8) is 0 Å². The summed E-state index contributed by atoms with van der Waals surface area (Å²) in [6.45, 7) is -3.53. The zero-order valence-electron chi connectivity index (χ0n) is 26.0. The molecule has 0 aliphatic rings. The van der Waals surface area contributed by atoms with Gasteiger partial charge in [0.1, 0.15) is 16.5 Å². The van der Waals surface area contributed by atoms with Gasteiger partial charge in [-0.1, -0.05) is 18.2 Å². The van der Waals surface area contributed by atoms with Crippen LogP contribution in [0, 0.1) is 16.5 Å². The monoisotopic (exact) mass is 625 g/mol. The molecule has 13 nitrogen and oxygen atoms in total. The Bertz CT molecular complexity index is 2080. The Morgan fingerprint density at radius 2 is 1.82 bits per heavy atom. The summed E-state index contributed by atoms with van der Waals surface area (Å²) in [4.78, 5) is 52.1. The van der Waals surface area contributed by atoms with Crippen LogP contribution >= 0.6 is 11.3 Å². The molecule has 0 aliphatic carbocycles. The fourth-order valence-corrected chi connectivity index (χ4v) is 5.80. The number of nitrogens with one attached hydrogen (secondary N) is 2. The van der Waals surface area contributed by atoms with Gasteiger partial charge in [0.15, 0.2) is 5.82 Å². The summed E-state index contributed by atoms with van der Waals surface area (Å²) in [7, 11) is 2.72. The molecule has 0 bridgehead atoms. The number of aromatic nitrogens is 4. The third-order valence-corrected chi connectivity index (χ3v) is 7.86. The maximum atomic E-state index is 14.9. The van der Waals surface area contributed by atoms with Crippen molar-refractivity contribution >= 4 is 33.3 Å². The lowest BCUT2D eigenvalue weighted by molar-refractivity contribution is 0.254. The van der Waals surface area contributed by atoms with Crippen molar-refractivity contribution in [3.8, 4) is 22.1 Å². The van der Waals surface area contributed by atoms with Crippen molar-refractivity contribution in [2.75, 3.05) is 26.5 Å². The van der Waals surface area contributed by atoms with Gasteiger partial charge in [0.25, 0.3) is 5.56 Å². The number of urea groups is 1. The summed E-state index contributed by atoms with van der Waals surface area (Å²) in [6, 6.07) is 11.0. The van der Waals surface area contributed by atoms with E-state index >= 15 is 0 Å². The van der Waals surface area contributed by atoms with Crippen LogP contribution in [-0.2, 0) is 13.1 Å². The van der Waals surface area contributed by atoms with Gasteiger partial charge in [0, 0.05) is 45.9 Å². The number of nitroso groups, excluding NO2 is 1. The van der Waals surface area contributed by atoms with Crippen molar-refractivity contribution in [2.24, 2.45) is 5.29 Å². The Hall–Kier alpha value is -5.51. The van der Waals surface area contributed by atoms with Gasteiger partial charge in [-0.2, -0.15) is 0 Å². The highest BCUT2D eigenvalue weighted by Crippen LogP contribution is 2.38. The predicted molar refractivity (Wildman–Crippen MR) is 160 cm³/mol. The topological polar surface area (TPSA) is 153 Å². The van der Waals surface area contributed by atoms with Crippen LogP contribution in [0.3, 0.4) is 0 Å². The molecule has 0 radical (unpaired) electrons. The Morgan fingerprint density at radius 1 is 1.09 bits per heavy atom. The molecule has 2 N–H and O–H groups in total. The van der Waals surface area contributed by atoms with Crippen molar-refractivity contribution < 1.29 is 22.4 Å². The fourth-order valence-electron chi connectivity index (χ4n) is 4.50. The van der Waals surface area contributed by atoms with Gasteiger partial charge in [0.2, 0.25) is 5.88 Å². The lowest BCUT2D eigenvalue weighted by Gasteiger charge is -2.14. The minimum absolute atomic E-state index is 0.0453. The second-order valence-corrected chi connectivity index (χ2v) is 10.3. The Morgan fingerprint density at radius 3 is 2.43 bits per heavy atom. The number of amides is 2. The number of carbonyl (C=O) groups excluding carboxylic acids is 1. The summed E-state index contributed by atoms with van der Waals surface area (Å²) in [5.41, 5.74) is -1.28. The summed E-state index contributed by atoms with van der Waals surface area (Å²) >= 11 is 0.957. The molecule has 226 valence electrons. The minimum atomic E-state index is -2.71. The highest BCUT2D eigenvalue weighted by Gasteiger charge is 2.26. The number of benzene rings is 2. The lowest BCUT2D eigenvalue weighted by atomic mass is 10.1. The Kier molecular flexibility index (Phi) is 7.36. The van der Waals surface area contributed by atoms with Crippen molar-refractivity contribution in [1.82, 2.24) is 29.7 Å². The zero-order valence-corrected chi connectivity index (χ0v) is 23.8. The summed E-state index contributed by atoms with van der Waals surface area (Å²) in [5, 5.41) is 15.9. The molecule has 16 heteroatoms. The highest BCUT2D eigenvalue weighted by molar-refractivity contribution is 7.22. The second kappa shape index (κ2) is 12.4. The number of thiophene rings is 1. The van der Waals surface area contributed by atoms with Gasteiger partial charge in [0.05, 0.1) is 30.9 Å². The average Bonchev–Trinajstić information content (AvgIpc) is 3.39. The van der Waals surface area contributed by atoms with E-state index in [4.69, 9.17) is 8.85 Å². The molecule has 0 spiro atoms. The average molecular weight is 626 g/mol.